The maximum absolute atomic E-state index is 4.09. The number of halogens is 1. The lowest BCUT2D eigenvalue weighted by Crippen LogP contribution is -2.35. The van der Waals surface area contributed by atoms with E-state index in [1.807, 2.05) is 0 Å². The third kappa shape index (κ3) is 2.25. The number of hydrogen-bond donors (Lipinski definition) is 0. The van der Waals surface area contributed by atoms with Gasteiger partial charge >= 0.3 is 0 Å². The van der Waals surface area contributed by atoms with Gasteiger partial charge in [-0.25, -0.2) is 0 Å². The molecule has 5 rings (SSSR count). The van der Waals surface area contributed by atoms with Crippen LogP contribution < -0.4 is 0 Å². The van der Waals surface area contributed by atoms with Gasteiger partial charge in [0.1, 0.15) is 0 Å². The Hall–Kier alpha value is -1.86. The number of hydrogen-bond acceptors (Lipinski definition) is 0. The lowest BCUT2D eigenvalue weighted by molar-refractivity contribution is 0.514. The molecule has 0 amide bonds. The van der Waals surface area contributed by atoms with E-state index >= 15 is 0 Å². The van der Waals surface area contributed by atoms with Gasteiger partial charge in [-0.1, -0.05) is 88.8 Å². The van der Waals surface area contributed by atoms with Gasteiger partial charge in [-0.15, -0.1) is 0 Å². The lowest BCUT2D eigenvalue weighted by atomic mass is 9.65. The van der Waals surface area contributed by atoms with Gasteiger partial charge in [-0.3, -0.25) is 0 Å². The number of allylic oxidation sites excluding steroid dienone is 6. The second-order valence-electron chi connectivity index (χ2n) is 7.54. The van der Waals surface area contributed by atoms with Crippen molar-refractivity contribution in [1.82, 2.24) is 0 Å². The van der Waals surface area contributed by atoms with Gasteiger partial charge in [0.15, 0.2) is 0 Å². The zero-order chi connectivity index (χ0) is 17.0. The summed E-state index contributed by atoms with van der Waals surface area (Å²) < 4.78 is -0.0751. The second-order valence-corrected chi connectivity index (χ2v) is 9.19. The number of benzene rings is 2. The van der Waals surface area contributed by atoms with E-state index in [-0.39, 0.29) is 4.32 Å². The third-order valence-corrected chi connectivity index (χ3v) is 7.04. The molecular formula is C24H21Br. The standard InChI is InChI=1S/C24H21Br/c1-24(25)21-9-4-2-3-7-19(21)23(20-8-5-6-10-22(20)24)18-14-12-16-11-13-17(16)15-18/h2-10,12,14-15,21,23H,11,13H2,1H3. The average molecular weight is 389 g/mol. The van der Waals surface area contributed by atoms with E-state index in [1.54, 1.807) is 5.56 Å². The summed E-state index contributed by atoms with van der Waals surface area (Å²) in [6, 6.07) is 16.1. The highest BCUT2D eigenvalue weighted by molar-refractivity contribution is 9.09. The Kier molecular flexibility index (Phi) is 3.43. The van der Waals surface area contributed by atoms with E-state index in [1.165, 1.54) is 40.7 Å². The first kappa shape index (κ1) is 15.4. The van der Waals surface area contributed by atoms with Gasteiger partial charge in [0.05, 0.1) is 4.32 Å². The van der Waals surface area contributed by atoms with Crippen LogP contribution in [0.3, 0.4) is 0 Å². The minimum absolute atomic E-state index is 0.0751. The topological polar surface area (TPSA) is 0 Å². The average Bonchev–Trinajstić information content (AvgIpc) is 2.84. The molecule has 0 aromatic heterocycles. The molecule has 3 atom stereocenters. The smallest absolute Gasteiger partial charge is 0.0580 e. The van der Waals surface area contributed by atoms with Crippen molar-refractivity contribution in [3.63, 3.8) is 0 Å². The number of rotatable bonds is 1. The Morgan fingerprint density at radius 3 is 2.60 bits per heavy atom. The maximum Gasteiger partial charge on any atom is 0.0580 e. The molecule has 0 radical (unpaired) electrons. The molecule has 25 heavy (non-hydrogen) atoms. The van der Waals surface area contributed by atoms with E-state index in [0.717, 1.165) is 0 Å². The molecule has 3 unspecified atom stereocenters. The van der Waals surface area contributed by atoms with Gasteiger partial charge in [0.25, 0.3) is 0 Å². The van der Waals surface area contributed by atoms with Gasteiger partial charge in [-0.05, 0) is 53.2 Å². The van der Waals surface area contributed by atoms with Crippen LogP contribution >= 0.6 is 15.9 Å². The fourth-order valence-corrected chi connectivity index (χ4v) is 5.48. The molecule has 0 N–H and O–H groups in total. The predicted octanol–water partition coefficient (Wildman–Crippen LogP) is 6.21. The second kappa shape index (κ2) is 5.57. The first-order chi connectivity index (χ1) is 12.2. The van der Waals surface area contributed by atoms with Crippen molar-refractivity contribution in [2.45, 2.75) is 30.0 Å². The molecule has 0 nitrogen and oxygen atoms in total. The SMILES string of the molecule is CC1(Br)c2ccccc2C(c2ccc3c(c2)CC3)C2=CC=CC=CC21. The van der Waals surface area contributed by atoms with Crippen molar-refractivity contribution in [1.29, 1.82) is 0 Å². The van der Waals surface area contributed by atoms with Crippen LogP contribution in [0, 0.1) is 5.92 Å². The van der Waals surface area contributed by atoms with Crippen molar-refractivity contribution in [2.75, 3.05) is 0 Å². The van der Waals surface area contributed by atoms with Gasteiger partial charge < -0.3 is 0 Å². The Balaban J connectivity index is 1.77. The van der Waals surface area contributed by atoms with Crippen LogP contribution in [0.2, 0.25) is 0 Å². The highest BCUT2D eigenvalue weighted by Crippen LogP contribution is 2.55. The molecule has 0 saturated heterocycles. The van der Waals surface area contributed by atoms with Crippen molar-refractivity contribution in [3.05, 3.63) is 106 Å². The Morgan fingerprint density at radius 2 is 1.80 bits per heavy atom. The molecule has 0 heterocycles. The van der Waals surface area contributed by atoms with E-state index < -0.39 is 0 Å². The fraction of sp³-hybridized carbons (Fsp3) is 0.250. The third-order valence-electron chi connectivity index (χ3n) is 6.12. The highest BCUT2D eigenvalue weighted by Gasteiger charge is 2.44. The van der Waals surface area contributed by atoms with E-state index in [2.05, 4.69) is 95.7 Å². The van der Waals surface area contributed by atoms with Crippen LogP contribution in [0.15, 0.2) is 78.4 Å². The molecule has 0 spiro atoms. The molecule has 0 bridgehead atoms. The van der Waals surface area contributed by atoms with Crippen molar-refractivity contribution >= 4 is 15.9 Å². The number of aryl methyl sites for hydroxylation is 2. The monoisotopic (exact) mass is 388 g/mol. The molecule has 2 aromatic rings. The summed E-state index contributed by atoms with van der Waals surface area (Å²) in [6.07, 6.45) is 13.7. The van der Waals surface area contributed by atoms with Gasteiger partial charge in [-0.2, -0.15) is 0 Å². The van der Waals surface area contributed by atoms with E-state index in [9.17, 15) is 0 Å². The highest BCUT2D eigenvalue weighted by atomic mass is 79.9. The fourth-order valence-electron chi connectivity index (χ4n) is 4.70. The summed E-state index contributed by atoms with van der Waals surface area (Å²) in [4.78, 5) is 0. The molecule has 0 saturated carbocycles. The summed E-state index contributed by atoms with van der Waals surface area (Å²) in [7, 11) is 0. The minimum atomic E-state index is -0.0751. The van der Waals surface area contributed by atoms with Crippen molar-refractivity contribution in [2.24, 2.45) is 5.92 Å². The Morgan fingerprint density at radius 1 is 0.960 bits per heavy atom. The van der Waals surface area contributed by atoms with Crippen LogP contribution in [-0.4, -0.2) is 0 Å². The van der Waals surface area contributed by atoms with Crippen LogP contribution in [0.1, 0.15) is 40.7 Å². The summed E-state index contributed by atoms with van der Waals surface area (Å²) in [5.41, 5.74) is 8.85. The first-order valence-electron chi connectivity index (χ1n) is 9.11. The molecular weight excluding hydrogens is 368 g/mol. The number of fused-ring (bicyclic) bond motifs is 3. The Labute approximate surface area is 158 Å². The van der Waals surface area contributed by atoms with Gasteiger partial charge in [0, 0.05) is 11.8 Å². The number of alkyl halides is 1. The largest absolute Gasteiger partial charge is 0.0794 e. The van der Waals surface area contributed by atoms with Crippen LogP contribution in [0.5, 0.6) is 0 Å². The van der Waals surface area contributed by atoms with Crippen molar-refractivity contribution in [3.8, 4) is 0 Å². The van der Waals surface area contributed by atoms with E-state index in [4.69, 9.17) is 0 Å². The quantitative estimate of drug-likeness (QED) is 0.509. The molecule has 1 heteroatoms. The lowest BCUT2D eigenvalue weighted by Gasteiger charge is -2.44. The van der Waals surface area contributed by atoms with Crippen molar-refractivity contribution < 1.29 is 0 Å². The summed E-state index contributed by atoms with van der Waals surface area (Å²) >= 11 is 4.09. The molecule has 0 aliphatic heterocycles. The first-order valence-corrected chi connectivity index (χ1v) is 9.90. The van der Waals surface area contributed by atoms with Crippen LogP contribution in [-0.2, 0) is 17.2 Å². The normalized spacial score (nSPS) is 29.0. The van der Waals surface area contributed by atoms with Crippen LogP contribution in [0.25, 0.3) is 0 Å². The zero-order valence-corrected chi connectivity index (χ0v) is 16.0. The van der Waals surface area contributed by atoms with Crippen LogP contribution in [0.4, 0.5) is 0 Å². The molecule has 3 aliphatic rings. The molecule has 124 valence electrons. The van der Waals surface area contributed by atoms with E-state index in [0.29, 0.717) is 11.8 Å². The Bertz CT molecular complexity index is 942. The summed E-state index contributed by atoms with van der Waals surface area (Å²) in [6.45, 7) is 2.31. The maximum atomic E-state index is 4.09. The predicted molar refractivity (Wildman–Crippen MR) is 108 cm³/mol. The molecule has 3 aliphatic carbocycles. The minimum Gasteiger partial charge on any atom is -0.0794 e. The zero-order valence-electron chi connectivity index (χ0n) is 14.4. The molecule has 2 aromatic carbocycles. The summed E-state index contributed by atoms with van der Waals surface area (Å²) in [5, 5.41) is 0. The molecule has 0 fully saturated rings. The van der Waals surface area contributed by atoms with Gasteiger partial charge in [0.2, 0.25) is 0 Å². The summed E-state index contributed by atoms with van der Waals surface area (Å²) in [5.74, 6) is 0.693.